The van der Waals surface area contributed by atoms with Gasteiger partial charge in [0.05, 0.1) is 24.0 Å². The van der Waals surface area contributed by atoms with E-state index in [0.717, 1.165) is 12.2 Å². The van der Waals surface area contributed by atoms with Crippen molar-refractivity contribution in [3.05, 3.63) is 46.6 Å². The van der Waals surface area contributed by atoms with E-state index in [1.54, 1.807) is 12.3 Å². The zero-order chi connectivity index (χ0) is 13.8. The molecule has 1 aromatic heterocycles. The maximum Gasteiger partial charge on any atom is 0.337 e. The lowest BCUT2D eigenvalue weighted by Crippen LogP contribution is -2.06. The third-order valence-electron chi connectivity index (χ3n) is 2.59. The highest BCUT2D eigenvalue weighted by Crippen LogP contribution is 2.21. The van der Waals surface area contributed by atoms with E-state index in [2.05, 4.69) is 10.3 Å². The second kappa shape index (κ2) is 5.75. The number of aryl methyl sites for hydroxylation is 1. The number of aromatic carboxylic acids is 1. The van der Waals surface area contributed by atoms with E-state index in [1.165, 1.54) is 12.1 Å². The maximum atomic E-state index is 11.1. The Kier molecular flexibility index (Phi) is 4.06. The SMILES string of the molecule is CCc1cnc(CNc2cc(Cl)ccc2C(=O)O)o1. The van der Waals surface area contributed by atoms with Gasteiger partial charge >= 0.3 is 5.97 Å². The number of oxazole rings is 1. The van der Waals surface area contributed by atoms with Crippen LogP contribution in [0.3, 0.4) is 0 Å². The van der Waals surface area contributed by atoms with Gasteiger partial charge in [0.1, 0.15) is 5.76 Å². The number of rotatable bonds is 5. The maximum absolute atomic E-state index is 11.1. The zero-order valence-electron chi connectivity index (χ0n) is 10.3. The number of halogens is 1. The first-order valence-electron chi connectivity index (χ1n) is 5.80. The molecule has 0 unspecified atom stereocenters. The first kappa shape index (κ1) is 13.4. The van der Waals surface area contributed by atoms with E-state index in [1.807, 2.05) is 6.92 Å². The summed E-state index contributed by atoms with van der Waals surface area (Å²) in [6, 6.07) is 4.56. The Hall–Kier alpha value is -2.01. The van der Waals surface area contributed by atoms with Crippen LogP contribution in [0.2, 0.25) is 5.02 Å². The van der Waals surface area contributed by atoms with Gasteiger partial charge < -0.3 is 14.8 Å². The standard InChI is InChI=1S/C13H13ClN2O3/c1-2-9-6-16-12(19-9)7-15-11-5-8(14)3-4-10(11)13(17)18/h3-6,15H,2,7H2,1H3,(H,17,18). The molecule has 100 valence electrons. The smallest absolute Gasteiger partial charge is 0.337 e. The van der Waals surface area contributed by atoms with Gasteiger partial charge in [-0.2, -0.15) is 0 Å². The largest absolute Gasteiger partial charge is 0.478 e. The van der Waals surface area contributed by atoms with Crippen LogP contribution in [0, 0.1) is 0 Å². The summed E-state index contributed by atoms with van der Waals surface area (Å²) in [5.41, 5.74) is 0.600. The Bertz CT molecular complexity index is 595. The highest BCUT2D eigenvalue weighted by Gasteiger charge is 2.11. The number of aromatic nitrogens is 1. The number of carboxylic acid groups (broad SMARTS) is 1. The molecule has 2 N–H and O–H groups in total. The number of nitrogens with zero attached hydrogens (tertiary/aromatic N) is 1. The zero-order valence-corrected chi connectivity index (χ0v) is 11.1. The molecule has 0 aliphatic heterocycles. The van der Waals surface area contributed by atoms with E-state index in [4.69, 9.17) is 21.1 Å². The molecule has 2 aromatic rings. The van der Waals surface area contributed by atoms with Crippen LogP contribution in [-0.4, -0.2) is 16.1 Å². The topological polar surface area (TPSA) is 75.4 Å². The number of anilines is 1. The lowest BCUT2D eigenvalue weighted by molar-refractivity contribution is 0.0698. The lowest BCUT2D eigenvalue weighted by atomic mass is 10.2. The van der Waals surface area contributed by atoms with Gasteiger partial charge in [-0.05, 0) is 18.2 Å². The summed E-state index contributed by atoms with van der Waals surface area (Å²) < 4.78 is 5.43. The first-order chi connectivity index (χ1) is 9.10. The van der Waals surface area contributed by atoms with Crippen molar-refractivity contribution in [1.29, 1.82) is 0 Å². The van der Waals surface area contributed by atoms with E-state index in [0.29, 0.717) is 23.1 Å². The van der Waals surface area contributed by atoms with Crippen LogP contribution < -0.4 is 5.32 Å². The summed E-state index contributed by atoms with van der Waals surface area (Å²) >= 11 is 5.86. The number of carboxylic acids is 1. The Labute approximate surface area is 115 Å². The van der Waals surface area contributed by atoms with E-state index in [9.17, 15) is 4.79 Å². The molecule has 2 rings (SSSR count). The van der Waals surface area contributed by atoms with Crippen molar-refractivity contribution in [1.82, 2.24) is 4.98 Å². The second-order valence-corrected chi connectivity index (χ2v) is 4.36. The van der Waals surface area contributed by atoms with E-state index < -0.39 is 5.97 Å². The van der Waals surface area contributed by atoms with Crippen LogP contribution in [0.4, 0.5) is 5.69 Å². The van der Waals surface area contributed by atoms with Crippen molar-refractivity contribution in [2.75, 3.05) is 5.32 Å². The minimum absolute atomic E-state index is 0.159. The van der Waals surface area contributed by atoms with Gasteiger partial charge in [-0.3, -0.25) is 0 Å². The third kappa shape index (κ3) is 3.26. The number of benzene rings is 1. The van der Waals surface area contributed by atoms with Gasteiger partial charge in [0.2, 0.25) is 5.89 Å². The molecule has 0 spiro atoms. The highest BCUT2D eigenvalue weighted by atomic mass is 35.5. The molecule has 0 aliphatic carbocycles. The molecule has 0 amide bonds. The van der Waals surface area contributed by atoms with Crippen LogP contribution in [0.15, 0.2) is 28.8 Å². The third-order valence-corrected chi connectivity index (χ3v) is 2.83. The average molecular weight is 281 g/mol. The number of nitrogens with one attached hydrogen (secondary N) is 1. The quantitative estimate of drug-likeness (QED) is 0.879. The molecule has 0 saturated heterocycles. The predicted molar refractivity (Wildman–Crippen MR) is 71.6 cm³/mol. The van der Waals surface area contributed by atoms with Crippen LogP contribution in [0.1, 0.15) is 28.9 Å². The number of hydrogen-bond donors (Lipinski definition) is 2. The van der Waals surface area contributed by atoms with Crippen LogP contribution >= 0.6 is 11.6 Å². The predicted octanol–water partition coefficient (Wildman–Crippen LogP) is 3.20. The van der Waals surface area contributed by atoms with Gasteiger partial charge in [0.15, 0.2) is 0 Å². The molecule has 0 atom stereocenters. The number of carbonyl (C=O) groups is 1. The fourth-order valence-electron chi connectivity index (χ4n) is 1.61. The minimum atomic E-state index is -1.01. The summed E-state index contributed by atoms with van der Waals surface area (Å²) in [7, 11) is 0. The molecule has 0 saturated carbocycles. The fraction of sp³-hybridized carbons (Fsp3) is 0.231. The van der Waals surface area contributed by atoms with Crippen molar-refractivity contribution >= 4 is 23.3 Å². The molecule has 0 radical (unpaired) electrons. The van der Waals surface area contributed by atoms with Crippen molar-refractivity contribution in [3.63, 3.8) is 0 Å². The van der Waals surface area contributed by atoms with Crippen LogP contribution in [-0.2, 0) is 13.0 Å². The Balaban J connectivity index is 2.14. The van der Waals surface area contributed by atoms with E-state index in [-0.39, 0.29) is 5.56 Å². The van der Waals surface area contributed by atoms with Crippen molar-refractivity contribution in [2.45, 2.75) is 19.9 Å². The number of hydrogen-bond acceptors (Lipinski definition) is 4. The first-order valence-corrected chi connectivity index (χ1v) is 6.18. The summed E-state index contributed by atoms with van der Waals surface area (Å²) in [5.74, 6) is 0.287. The molecule has 5 nitrogen and oxygen atoms in total. The summed E-state index contributed by atoms with van der Waals surface area (Å²) in [6.07, 6.45) is 2.43. The highest BCUT2D eigenvalue weighted by molar-refractivity contribution is 6.31. The van der Waals surface area contributed by atoms with Gasteiger partial charge in [-0.15, -0.1) is 0 Å². The molecule has 19 heavy (non-hydrogen) atoms. The Morgan fingerprint density at radius 2 is 2.32 bits per heavy atom. The van der Waals surface area contributed by atoms with Gasteiger partial charge in [0, 0.05) is 11.4 Å². The lowest BCUT2D eigenvalue weighted by Gasteiger charge is -2.08. The minimum Gasteiger partial charge on any atom is -0.478 e. The van der Waals surface area contributed by atoms with Crippen LogP contribution in [0.5, 0.6) is 0 Å². The molecule has 1 aromatic carbocycles. The summed E-state index contributed by atoms with van der Waals surface area (Å²) in [6.45, 7) is 2.28. The van der Waals surface area contributed by atoms with E-state index >= 15 is 0 Å². The van der Waals surface area contributed by atoms with Gasteiger partial charge in [-0.1, -0.05) is 18.5 Å². The van der Waals surface area contributed by atoms with Crippen molar-refractivity contribution in [3.8, 4) is 0 Å². The van der Waals surface area contributed by atoms with Crippen LogP contribution in [0.25, 0.3) is 0 Å². The monoisotopic (exact) mass is 280 g/mol. The van der Waals surface area contributed by atoms with Gasteiger partial charge in [0.25, 0.3) is 0 Å². The molecule has 6 heteroatoms. The van der Waals surface area contributed by atoms with Crippen molar-refractivity contribution < 1.29 is 14.3 Å². The Morgan fingerprint density at radius 3 is 2.95 bits per heavy atom. The fourth-order valence-corrected chi connectivity index (χ4v) is 1.79. The molecule has 1 heterocycles. The molecular formula is C13H13ClN2O3. The van der Waals surface area contributed by atoms with Crippen molar-refractivity contribution in [2.24, 2.45) is 0 Å². The molecule has 0 bridgehead atoms. The molecular weight excluding hydrogens is 268 g/mol. The molecule has 0 fully saturated rings. The Morgan fingerprint density at radius 1 is 1.53 bits per heavy atom. The second-order valence-electron chi connectivity index (χ2n) is 3.92. The van der Waals surface area contributed by atoms with Gasteiger partial charge in [-0.25, -0.2) is 9.78 Å². The molecule has 0 aliphatic rings. The normalized spacial score (nSPS) is 10.4. The summed E-state index contributed by atoms with van der Waals surface area (Å²) in [4.78, 5) is 15.2. The average Bonchev–Trinajstić information content (AvgIpc) is 2.84. The summed E-state index contributed by atoms with van der Waals surface area (Å²) in [5, 5.41) is 12.5.